The van der Waals surface area contributed by atoms with Crippen molar-refractivity contribution >= 4 is 28.9 Å². The maximum absolute atomic E-state index is 11.4. The average Bonchev–Trinajstić information content (AvgIpc) is 2.28. The lowest BCUT2D eigenvalue weighted by Crippen LogP contribution is -2.07. The van der Waals surface area contributed by atoms with Crippen molar-refractivity contribution in [3.63, 3.8) is 0 Å². The molecule has 0 fully saturated rings. The van der Waals surface area contributed by atoms with Gasteiger partial charge in [0.15, 0.2) is 7.11 Å². The summed E-state index contributed by atoms with van der Waals surface area (Å²) < 4.78 is 0. The van der Waals surface area contributed by atoms with Crippen LogP contribution in [-0.2, 0) is 4.84 Å². The zero-order valence-corrected chi connectivity index (χ0v) is 10.1. The Bertz CT molecular complexity index is 462. The molecule has 0 bridgehead atoms. The Hall–Kier alpha value is -1.82. The van der Waals surface area contributed by atoms with Crippen LogP contribution in [0.1, 0.15) is 17.3 Å². The summed E-state index contributed by atoms with van der Waals surface area (Å²) in [5.74, 6) is -1.20. The second-order valence-corrected chi connectivity index (χ2v) is 3.53. The lowest BCUT2D eigenvalue weighted by molar-refractivity contribution is -0.736. The second kappa shape index (κ2) is 5.49. The van der Waals surface area contributed by atoms with Crippen LogP contribution in [0.25, 0.3) is 0 Å². The Labute approximate surface area is 103 Å². The van der Waals surface area contributed by atoms with Gasteiger partial charge in [-0.2, -0.15) is 0 Å². The van der Waals surface area contributed by atoms with E-state index in [-0.39, 0.29) is 21.2 Å². The first kappa shape index (κ1) is 13.2. The fourth-order valence-corrected chi connectivity index (χ4v) is 1.55. The molecule has 6 nitrogen and oxygen atoms in total. The quantitative estimate of drug-likeness (QED) is 0.794. The molecule has 0 aliphatic rings. The number of anilines is 1. The Morgan fingerprint density at radius 1 is 1.59 bits per heavy atom. The van der Waals surface area contributed by atoms with Gasteiger partial charge in [-0.3, -0.25) is 0 Å². The largest absolute Gasteiger partial charge is 0.478 e. The van der Waals surface area contributed by atoms with Gasteiger partial charge in [0.25, 0.3) is 4.92 Å². The van der Waals surface area contributed by atoms with Gasteiger partial charge in [0.05, 0.1) is 15.5 Å². The molecule has 1 aromatic rings. The van der Waals surface area contributed by atoms with E-state index in [1.807, 2.05) is 6.92 Å². The third kappa shape index (κ3) is 2.85. The number of aromatic carboxylic acids is 1. The first-order valence-electron chi connectivity index (χ1n) is 4.83. The molecule has 92 valence electrons. The number of benzene rings is 1. The number of nitrogens with one attached hydrogen (secondary N) is 1. The fraction of sp³-hybridized carbons (Fsp3) is 0.300. The molecule has 0 aliphatic carbocycles. The topological polar surface area (TPSA) is 78.6 Å². The van der Waals surface area contributed by atoms with E-state index in [1.165, 1.54) is 19.2 Å². The van der Waals surface area contributed by atoms with Crippen molar-refractivity contribution in [2.24, 2.45) is 0 Å². The van der Waals surface area contributed by atoms with Crippen LogP contribution in [0, 0.1) is 4.91 Å². The molecule has 0 saturated carbocycles. The van der Waals surface area contributed by atoms with E-state index in [0.29, 0.717) is 12.2 Å². The summed E-state index contributed by atoms with van der Waals surface area (Å²) in [6.45, 7) is 2.40. The Kier molecular flexibility index (Phi) is 4.28. The molecular formula is C10H12ClN2O4+. The van der Waals surface area contributed by atoms with E-state index in [2.05, 4.69) is 10.2 Å². The van der Waals surface area contributed by atoms with E-state index < -0.39 is 5.97 Å². The number of rotatable bonds is 5. The molecule has 0 aliphatic heterocycles. The van der Waals surface area contributed by atoms with Gasteiger partial charge in [0.1, 0.15) is 5.69 Å². The monoisotopic (exact) mass is 259 g/mol. The highest BCUT2D eigenvalue weighted by atomic mass is 35.5. The summed E-state index contributed by atoms with van der Waals surface area (Å²) in [6, 6.07) is 2.55. The molecule has 0 unspecified atom stereocenters. The van der Waals surface area contributed by atoms with Gasteiger partial charge in [-0.1, -0.05) is 11.6 Å². The summed E-state index contributed by atoms with van der Waals surface area (Å²) >= 11 is 5.80. The van der Waals surface area contributed by atoms with Crippen LogP contribution in [0.4, 0.5) is 11.4 Å². The van der Waals surface area contributed by atoms with Crippen LogP contribution >= 0.6 is 11.6 Å². The van der Waals surface area contributed by atoms with Crippen molar-refractivity contribution in [1.29, 1.82) is 0 Å². The number of carbonyl (C=O) groups is 1. The Balaban J connectivity index is 3.36. The van der Waals surface area contributed by atoms with Gasteiger partial charge in [-0.25, -0.2) is 9.63 Å². The van der Waals surface area contributed by atoms with E-state index in [0.717, 1.165) is 0 Å². The minimum absolute atomic E-state index is 0.0571. The zero-order chi connectivity index (χ0) is 13.0. The number of nitrogens with zero attached hydrogens (tertiary/aromatic N) is 1. The molecule has 0 saturated heterocycles. The number of carboxylic acid groups (broad SMARTS) is 1. The summed E-state index contributed by atoms with van der Waals surface area (Å²) in [6.07, 6.45) is 0. The average molecular weight is 260 g/mol. The van der Waals surface area contributed by atoms with Crippen LogP contribution in [0.5, 0.6) is 0 Å². The molecule has 0 radical (unpaired) electrons. The fourth-order valence-electron chi connectivity index (χ4n) is 1.31. The molecule has 0 amide bonds. The van der Waals surface area contributed by atoms with Crippen LogP contribution in [0.2, 0.25) is 5.02 Å². The van der Waals surface area contributed by atoms with E-state index in [9.17, 15) is 9.70 Å². The van der Waals surface area contributed by atoms with Gasteiger partial charge in [-0.15, -0.1) is 0 Å². The zero-order valence-electron chi connectivity index (χ0n) is 9.36. The van der Waals surface area contributed by atoms with Gasteiger partial charge in [0, 0.05) is 12.6 Å². The Morgan fingerprint density at radius 2 is 2.24 bits per heavy atom. The summed E-state index contributed by atoms with van der Waals surface area (Å²) in [5.41, 5.74) is 0.330. The van der Waals surface area contributed by atoms with Crippen molar-refractivity contribution < 1.29 is 19.7 Å². The molecule has 0 atom stereocenters. The molecule has 1 aromatic carbocycles. The molecule has 2 N–H and O–H groups in total. The normalized spacial score (nSPS) is 9.82. The van der Waals surface area contributed by atoms with Crippen LogP contribution in [0.3, 0.4) is 0 Å². The van der Waals surface area contributed by atoms with Crippen LogP contribution in [-0.4, -0.2) is 29.7 Å². The smallest absolute Gasteiger partial charge is 0.340 e. The number of hydrogen-bond donors (Lipinski definition) is 2. The molecule has 0 aromatic heterocycles. The van der Waals surface area contributed by atoms with Crippen molar-refractivity contribution in [2.75, 3.05) is 19.0 Å². The SMILES string of the molecule is CCNc1cc(Cl)c(C(=O)O)cc1[N+](=O)OC. The highest BCUT2D eigenvalue weighted by Gasteiger charge is 2.25. The molecular weight excluding hydrogens is 248 g/mol. The number of hydrogen-bond acceptors (Lipinski definition) is 4. The van der Waals surface area contributed by atoms with Crippen molar-refractivity contribution in [2.45, 2.75) is 6.92 Å². The van der Waals surface area contributed by atoms with Crippen LogP contribution < -0.4 is 5.32 Å². The van der Waals surface area contributed by atoms with E-state index in [4.69, 9.17) is 16.7 Å². The van der Waals surface area contributed by atoms with Gasteiger partial charge in [0.2, 0.25) is 0 Å². The first-order valence-corrected chi connectivity index (χ1v) is 5.21. The van der Waals surface area contributed by atoms with Gasteiger partial charge >= 0.3 is 11.7 Å². The van der Waals surface area contributed by atoms with Crippen molar-refractivity contribution in [1.82, 2.24) is 0 Å². The minimum atomic E-state index is -1.20. The summed E-state index contributed by atoms with van der Waals surface area (Å²) in [4.78, 5) is 27.0. The van der Waals surface area contributed by atoms with Gasteiger partial charge < -0.3 is 10.4 Å². The summed E-state index contributed by atoms with van der Waals surface area (Å²) in [5, 5.41) is 11.9. The predicted octanol–water partition coefficient (Wildman–Crippen LogP) is 2.44. The number of carboxylic acids is 1. The maximum Gasteiger partial charge on any atom is 0.340 e. The lowest BCUT2D eigenvalue weighted by atomic mass is 10.1. The third-order valence-electron chi connectivity index (χ3n) is 2.05. The minimum Gasteiger partial charge on any atom is -0.478 e. The van der Waals surface area contributed by atoms with Crippen molar-refractivity contribution in [3.05, 3.63) is 27.6 Å². The predicted molar refractivity (Wildman–Crippen MR) is 62.9 cm³/mol. The molecule has 1 rings (SSSR count). The maximum atomic E-state index is 11.4. The number of halogens is 1. The molecule has 0 heterocycles. The first-order chi connectivity index (χ1) is 8.01. The summed E-state index contributed by atoms with van der Waals surface area (Å²) in [7, 11) is 1.19. The third-order valence-corrected chi connectivity index (χ3v) is 2.36. The van der Waals surface area contributed by atoms with Gasteiger partial charge in [-0.05, 0) is 13.0 Å². The highest BCUT2D eigenvalue weighted by molar-refractivity contribution is 6.34. The standard InChI is InChI=1S/C10H11ClN2O4/c1-3-12-8-5-7(11)6(10(14)15)4-9(8)13(16)17-2/h4-5H,3H2,1-2H3,(H-,12,14,15,16)/p+1. The Morgan fingerprint density at radius 3 is 2.71 bits per heavy atom. The highest BCUT2D eigenvalue weighted by Crippen LogP contribution is 2.31. The van der Waals surface area contributed by atoms with Crippen molar-refractivity contribution in [3.8, 4) is 0 Å². The molecule has 17 heavy (non-hydrogen) atoms. The lowest BCUT2D eigenvalue weighted by Gasteiger charge is -2.05. The second-order valence-electron chi connectivity index (χ2n) is 3.12. The van der Waals surface area contributed by atoms with E-state index in [1.54, 1.807) is 0 Å². The van der Waals surface area contributed by atoms with Crippen LogP contribution in [0.15, 0.2) is 12.1 Å². The molecule has 0 spiro atoms. The molecule has 7 heteroatoms. The van der Waals surface area contributed by atoms with E-state index >= 15 is 0 Å².